The normalized spacial score (nSPS) is 19.7. The zero-order valence-electron chi connectivity index (χ0n) is 11.7. The summed E-state index contributed by atoms with van der Waals surface area (Å²) in [7, 11) is 1.90. The minimum atomic E-state index is 0.419. The standard InChI is InChI=1S/C15H24N2O/c1-15(2)8-6-13(7-9-15)18-11-12-5-4-10-17-14(12)16-3/h4-5,10,13H,6-9,11H2,1-3H3,(H,16,17). The van der Waals surface area contributed by atoms with E-state index in [-0.39, 0.29) is 0 Å². The molecule has 0 aromatic carbocycles. The molecule has 1 heterocycles. The minimum Gasteiger partial charge on any atom is -0.373 e. The average molecular weight is 248 g/mol. The summed E-state index contributed by atoms with van der Waals surface area (Å²) in [6, 6.07) is 4.04. The van der Waals surface area contributed by atoms with Crippen molar-refractivity contribution in [1.29, 1.82) is 0 Å². The molecule has 1 fully saturated rings. The second kappa shape index (κ2) is 5.70. The van der Waals surface area contributed by atoms with Gasteiger partial charge < -0.3 is 10.1 Å². The summed E-state index contributed by atoms with van der Waals surface area (Å²) in [4.78, 5) is 4.29. The molecule has 1 aliphatic carbocycles. The largest absolute Gasteiger partial charge is 0.373 e. The molecule has 0 spiro atoms. The van der Waals surface area contributed by atoms with Crippen LogP contribution in [0.25, 0.3) is 0 Å². The van der Waals surface area contributed by atoms with Crippen LogP contribution in [0.15, 0.2) is 18.3 Å². The lowest BCUT2D eigenvalue weighted by molar-refractivity contribution is -0.00545. The highest BCUT2D eigenvalue weighted by molar-refractivity contribution is 5.42. The van der Waals surface area contributed by atoms with Crippen LogP contribution in [0.4, 0.5) is 5.82 Å². The molecule has 1 N–H and O–H groups in total. The fourth-order valence-corrected chi connectivity index (χ4v) is 2.53. The maximum atomic E-state index is 6.02. The lowest BCUT2D eigenvalue weighted by Crippen LogP contribution is -2.26. The fourth-order valence-electron chi connectivity index (χ4n) is 2.53. The summed E-state index contributed by atoms with van der Waals surface area (Å²) in [5.74, 6) is 0.925. The summed E-state index contributed by atoms with van der Waals surface area (Å²) in [5, 5.41) is 3.11. The van der Waals surface area contributed by atoms with Crippen molar-refractivity contribution in [3.63, 3.8) is 0 Å². The number of rotatable bonds is 4. The van der Waals surface area contributed by atoms with Crippen molar-refractivity contribution in [1.82, 2.24) is 4.98 Å². The van der Waals surface area contributed by atoms with E-state index in [9.17, 15) is 0 Å². The predicted molar refractivity (Wildman–Crippen MR) is 74.6 cm³/mol. The van der Waals surface area contributed by atoms with Crippen molar-refractivity contribution in [2.75, 3.05) is 12.4 Å². The third-order valence-electron chi connectivity index (χ3n) is 3.89. The Balaban J connectivity index is 1.85. The molecular formula is C15H24N2O. The number of nitrogens with one attached hydrogen (secondary N) is 1. The molecule has 1 aromatic heterocycles. The Morgan fingerprint density at radius 1 is 1.39 bits per heavy atom. The first-order valence-electron chi connectivity index (χ1n) is 6.84. The van der Waals surface area contributed by atoms with E-state index in [1.807, 2.05) is 13.1 Å². The maximum absolute atomic E-state index is 6.02. The second-order valence-electron chi connectivity index (χ2n) is 5.94. The first-order chi connectivity index (χ1) is 8.61. The number of aromatic nitrogens is 1. The van der Waals surface area contributed by atoms with Crippen molar-refractivity contribution in [2.45, 2.75) is 52.2 Å². The smallest absolute Gasteiger partial charge is 0.131 e. The van der Waals surface area contributed by atoms with Crippen LogP contribution in [-0.2, 0) is 11.3 Å². The van der Waals surface area contributed by atoms with Gasteiger partial charge >= 0.3 is 0 Å². The highest BCUT2D eigenvalue weighted by Gasteiger charge is 2.27. The number of anilines is 1. The lowest BCUT2D eigenvalue weighted by atomic mass is 9.76. The van der Waals surface area contributed by atoms with Crippen LogP contribution in [-0.4, -0.2) is 18.1 Å². The molecule has 3 heteroatoms. The Hall–Kier alpha value is -1.09. The van der Waals surface area contributed by atoms with Gasteiger partial charge in [-0.15, -0.1) is 0 Å². The Morgan fingerprint density at radius 2 is 2.11 bits per heavy atom. The maximum Gasteiger partial charge on any atom is 0.131 e. The average Bonchev–Trinajstić information content (AvgIpc) is 2.38. The molecule has 0 saturated heterocycles. The van der Waals surface area contributed by atoms with Crippen LogP contribution in [0.2, 0.25) is 0 Å². The van der Waals surface area contributed by atoms with Gasteiger partial charge in [0.1, 0.15) is 5.82 Å². The van der Waals surface area contributed by atoms with E-state index in [1.165, 1.54) is 25.7 Å². The van der Waals surface area contributed by atoms with Gasteiger partial charge in [0.15, 0.2) is 0 Å². The van der Waals surface area contributed by atoms with Gasteiger partial charge in [-0.25, -0.2) is 4.98 Å². The third-order valence-corrected chi connectivity index (χ3v) is 3.89. The molecule has 1 saturated carbocycles. The van der Waals surface area contributed by atoms with E-state index < -0.39 is 0 Å². The first-order valence-corrected chi connectivity index (χ1v) is 6.84. The minimum absolute atomic E-state index is 0.419. The van der Waals surface area contributed by atoms with E-state index in [1.54, 1.807) is 6.20 Å². The molecule has 2 rings (SSSR count). The predicted octanol–water partition coefficient (Wildman–Crippen LogP) is 3.61. The monoisotopic (exact) mass is 248 g/mol. The zero-order chi connectivity index (χ0) is 13.0. The zero-order valence-corrected chi connectivity index (χ0v) is 11.7. The molecule has 0 amide bonds. The molecule has 18 heavy (non-hydrogen) atoms. The third kappa shape index (κ3) is 3.45. The molecule has 0 bridgehead atoms. The van der Waals surface area contributed by atoms with Crippen LogP contribution in [0, 0.1) is 5.41 Å². The summed E-state index contributed by atoms with van der Waals surface area (Å²) in [6.07, 6.45) is 7.12. The Labute approximate surface area is 110 Å². The van der Waals surface area contributed by atoms with E-state index in [2.05, 4.69) is 30.2 Å². The number of hydrogen-bond acceptors (Lipinski definition) is 3. The van der Waals surface area contributed by atoms with Crippen molar-refractivity contribution >= 4 is 5.82 Å². The molecule has 0 atom stereocenters. The Morgan fingerprint density at radius 3 is 2.78 bits per heavy atom. The van der Waals surface area contributed by atoms with Gasteiger partial charge in [-0.05, 0) is 37.2 Å². The van der Waals surface area contributed by atoms with E-state index >= 15 is 0 Å². The summed E-state index contributed by atoms with van der Waals surface area (Å²) in [5.41, 5.74) is 1.65. The van der Waals surface area contributed by atoms with Crippen LogP contribution >= 0.6 is 0 Å². The quantitative estimate of drug-likeness (QED) is 0.884. The molecule has 0 aliphatic heterocycles. The van der Waals surface area contributed by atoms with Crippen molar-refractivity contribution in [3.8, 4) is 0 Å². The van der Waals surface area contributed by atoms with E-state index in [4.69, 9.17) is 4.74 Å². The van der Waals surface area contributed by atoms with Crippen molar-refractivity contribution in [3.05, 3.63) is 23.9 Å². The van der Waals surface area contributed by atoms with Crippen LogP contribution in [0.3, 0.4) is 0 Å². The van der Waals surface area contributed by atoms with Gasteiger partial charge in [0.05, 0.1) is 12.7 Å². The lowest BCUT2D eigenvalue weighted by Gasteiger charge is -2.34. The van der Waals surface area contributed by atoms with Gasteiger partial charge in [0.2, 0.25) is 0 Å². The fraction of sp³-hybridized carbons (Fsp3) is 0.667. The van der Waals surface area contributed by atoms with Crippen molar-refractivity contribution < 1.29 is 4.74 Å². The van der Waals surface area contributed by atoms with Gasteiger partial charge in [-0.1, -0.05) is 19.9 Å². The number of pyridine rings is 1. The number of ether oxygens (including phenoxy) is 1. The molecule has 1 aliphatic rings. The number of hydrogen-bond donors (Lipinski definition) is 1. The highest BCUT2D eigenvalue weighted by Crippen LogP contribution is 2.36. The Bertz CT molecular complexity index is 380. The van der Waals surface area contributed by atoms with Gasteiger partial charge in [-0.2, -0.15) is 0 Å². The Kier molecular flexibility index (Phi) is 4.23. The SMILES string of the molecule is CNc1ncccc1COC1CCC(C)(C)CC1. The van der Waals surface area contributed by atoms with E-state index in [0.29, 0.717) is 18.1 Å². The molecule has 3 nitrogen and oxygen atoms in total. The molecule has 1 aromatic rings. The first kappa shape index (κ1) is 13.3. The molecule has 0 radical (unpaired) electrons. The summed E-state index contributed by atoms with van der Waals surface area (Å²) >= 11 is 0. The van der Waals surface area contributed by atoms with Gasteiger partial charge in [0, 0.05) is 18.8 Å². The summed E-state index contributed by atoms with van der Waals surface area (Å²) in [6.45, 7) is 5.36. The second-order valence-corrected chi connectivity index (χ2v) is 5.94. The van der Waals surface area contributed by atoms with Crippen molar-refractivity contribution in [2.24, 2.45) is 5.41 Å². The molecule has 0 unspecified atom stereocenters. The van der Waals surface area contributed by atoms with E-state index in [0.717, 1.165) is 11.4 Å². The van der Waals surface area contributed by atoms with Gasteiger partial charge in [0.25, 0.3) is 0 Å². The number of nitrogens with zero attached hydrogens (tertiary/aromatic N) is 1. The molecular weight excluding hydrogens is 224 g/mol. The highest BCUT2D eigenvalue weighted by atomic mass is 16.5. The van der Waals surface area contributed by atoms with Crippen LogP contribution < -0.4 is 5.32 Å². The molecule has 100 valence electrons. The topological polar surface area (TPSA) is 34.2 Å². The van der Waals surface area contributed by atoms with Crippen LogP contribution in [0.1, 0.15) is 45.1 Å². The van der Waals surface area contributed by atoms with Crippen LogP contribution in [0.5, 0.6) is 0 Å². The van der Waals surface area contributed by atoms with Gasteiger partial charge in [-0.3, -0.25) is 0 Å². The summed E-state index contributed by atoms with van der Waals surface area (Å²) < 4.78 is 6.02.